The third kappa shape index (κ3) is 4.81. The van der Waals surface area contributed by atoms with E-state index in [2.05, 4.69) is 30.9 Å². The van der Waals surface area contributed by atoms with Crippen LogP contribution in [0.1, 0.15) is 17.2 Å². The predicted molar refractivity (Wildman–Crippen MR) is 105 cm³/mol. The molecular formula is C19H22FN7O. The van der Waals surface area contributed by atoms with Gasteiger partial charge in [-0.25, -0.2) is 24.1 Å². The van der Waals surface area contributed by atoms with E-state index in [1.807, 2.05) is 30.7 Å². The third-order valence-electron chi connectivity index (χ3n) is 4.04. The fraction of sp³-hybridized carbons (Fsp3) is 0.263. The fourth-order valence-corrected chi connectivity index (χ4v) is 2.60. The highest BCUT2D eigenvalue weighted by Crippen LogP contribution is 2.14. The van der Waals surface area contributed by atoms with E-state index in [1.165, 1.54) is 6.07 Å². The van der Waals surface area contributed by atoms with Crippen LogP contribution < -0.4 is 16.0 Å². The van der Waals surface area contributed by atoms with Crippen molar-refractivity contribution in [3.05, 3.63) is 59.7 Å². The molecule has 0 fully saturated rings. The van der Waals surface area contributed by atoms with Crippen LogP contribution in [0.3, 0.4) is 0 Å². The molecule has 3 rings (SSSR count). The number of benzene rings is 1. The Kier molecular flexibility index (Phi) is 5.83. The van der Waals surface area contributed by atoms with Crippen LogP contribution in [0.5, 0.6) is 0 Å². The van der Waals surface area contributed by atoms with Crippen molar-refractivity contribution in [1.82, 2.24) is 24.8 Å². The summed E-state index contributed by atoms with van der Waals surface area (Å²) in [6.45, 7) is 6.21. The van der Waals surface area contributed by atoms with Crippen molar-refractivity contribution in [3.8, 4) is 5.82 Å². The maximum Gasteiger partial charge on any atom is 0.319 e. The molecule has 0 saturated carbocycles. The summed E-state index contributed by atoms with van der Waals surface area (Å²) in [6, 6.07) is 5.97. The zero-order chi connectivity index (χ0) is 20.1. The number of nitrogens with one attached hydrogen (secondary N) is 3. The molecule has 8 nitrogen and oxygen atoms in total. The Bertz CT molecular complexity index is 986. The normalized spacial score (nSPS) is 10.6. The molecule has 0 radical (unpaired) electrons. The molecular weight excluding hydrogens is 361 g/mol. The quantitative estimate of drug-likeness (QED) is 0.569. The molecule has 2 heterocycles. The molecule has 28 heavy (non-hydrogen) atoms. The first-order valence-corrected chi connectivity index (χ1v) is 8.83. The molecule has 0 aliphatic heterocycles. The summed E-state index contributed by atoms with van der Waals surface area (Å²) in [7, 11) is 0. The van der Waals surface area contributed by atoms with Gasteiger partial charge < -0.3 is 16.0 Å². The highest BCUT2D eigenvalue weighted by atomic mass is 19.1. The number of imidazole rings is 1. The average molecular weight is 383 g/mol. The van der Waals surface area contributed by atoms with Crippen molar-refractivity contribution in [2.45, 2.75) is 20.8 Å². The van der Waals surface area contributed by atoms with E-state index >= 15 is 0 Å². The van der Waals surface area contributed by atoms with E-state index in [1.54, 1.807) is 25.3 Å². The summed E-state index contributed by atoms with van der Waals surface area (Å²) >= 11 is 0. The number of hydrogen-bond donors (Lipinski definition) is 3. The van der Waals surface area contributed by atoms with Gasteiger partial charge in [-0.2, -0.15) is 0 Å². The van der Waals surface area contributed by atoms with Gasteiger partial charge in [0.2, 0.25) is 0 Å². The van der Waals surface area contributed by atoms with Crippen molar-refractivity contribution in [2.24, 2.45) is 0 Å². The summed E-state index contributed by atoms with van der Waals surface area (Å²) in [4.78, 5) is 24.9. The number of aryl methyl sites for hydroxylation is 3. The largest absolute Gasteiger partial charge is 0.368 e. The monoisotopic (exact) mass is 383 g/mol. The van der Waals surface area contributed by atoms with Crippen LogP contribution in [0.2, 0.25) is 0 Å². The Morgan fingerprint density at radius 1 is 1.14 bits per heavy atom. The van der Waals surface area contributed by atoms with Crippen molar-refractivity contribution in [2.75, 3.05) is 23.7 Å². The zero-order valence-electron chi connectivity index (χ0n) is 16.0. The van der Waals surface area contributed by atoms with Crippen LogP contribution in [0, 0.1) is 26.6 Å². The van der Waals surface area contributed by atoms with Gasteiger partial charge in [-0.05, 0) is 38.5 Å². The maximum atomic E-state index is 13.5. The van der Waals surface area contributed by atoms with Gasteiger partial charge in [0.15, 0.2) is 0 Å². The number of rotatable bonds is 6. The second kappa shape index (κ2) is 8.47. The minimum atomic E-state index is -0.404. The SMILES string of the molecule is Cc1nc(NCCNC(=O)Nc2ccc(C)c(F)c2)cc(-n2ccnc2C)n1. The lowest BCUT2D eigenvalue weighted by atomic mass is 10.2. The first-order valence-electron chi connectivity index (χ1n) is 8.83. The molecule has 0 spiro atoms. The van der Waals surface area contributed by atoms with E-state index in [9.17, 15) is 9.18 Å². The molecule has 0 aliphatic carbocycles. The van der Waals surface area contributed by atoms with E-state index < -0.39 is 6.03 Å². The molecule has 0 bridgehead atoms. The number of urea groups is 1. The highest BCUT2D eigenvalue weighted by Gasteiger charge is 2.07. The Balaban J connectivity index is 1.51. The Morgan fingerprint density at radius 2 is 1.96 bits per heavy atom. The Morgan fingerprint density at radius 3 is 2.68 bits per heavy atom. The first kappa shape index (κ1) is 19.3. The molecule has 3 aromatic rings. The van der Waals surface area contributed by atoms with Crippen LogP contribution in [0.25, 0.3) is 5.82 Å². The number of halogens is 1. The molecule has 0 aliphatic rings. The number of anilines is 2. The van der Waals surface area contributed by atoms with Gasteiger partial charge in [0.05, 0.1) is 0 Å². The number of hydrogen-bond acceptors (Lipinski definition) is 5. The van der Waals surface area contributed by atoms with Crippen molar-refractivity contribution in [1.29, 1.82) is 0 Å². The van der Waals surface area contributed by atoms with E-state index in [4.69, 9.17) is 0 Å². The molecule has 9 heteroatoms. The molecule has 0 unspecified atom stereocenters. The summed E-state index contributed by atoms with van der Waals surface area (Å²) in [6.07, 6.45) is 3.54. The van der Waals surface area contributed by atoms with Gasteiger partial charge in [-0.15, -0.1) is 0 Å². The lowest BCUT2D eigenvalue weighted by Crippen LogP contribution is -2.32. The van der Waals surface area contributed by atoms with Gasteiger partial charge >= 0.3 is 6.03 Å². The Labute approximate surface area is 162 Å². The summed E-state index contributed by atoms with van der Waals surface area (Å²) < 4.78 is 15.4. The van der Waals surface area contributed by atoms with Crippen molar-refractivity contribution < 1.29 is 9.18 Å². The van der Waals surface area contributed by atoms with Gasteiger partial charge in [0, 0.05) is 37.2 Å². The summed E-state index contributed by atoms with van der Waals surface area (Å²) in [5.41, 5.74) is 0.931. The molecule has 0 saturated heterocycles. The number of nitrogens with zero attached hydrogens (tertiary/aromatic N) is 4. The maximum absolute atomic E-state index is 13.5. The first-order chi connectivity index (χ1) is 13.4. The summed E-state index contributed by atoms with van der Waals surface area (Å²) in [5, 5.41) is 8.46. The van der Waals surface area contributed by atoms with E-state index in [-0.39, 0.29) is 5.82 Å². The standard InChI is InChI=1S/C19H22FN7O/c1-12-4-5-15(10-16(12)20)26-19(28)23-7-6-22-17-11-18(25-13(2)24-17)27-9-8-21-14(27)3/h4-5,8-11H,6-7H2,1-3H3,(H,22,24,25)(H2,23,26,28). The molecule has 3 N–H and O–H groups in total. The fourth-order valence-electron chi connectivity index (χ4n) is 2.60. The molecule has 146 valence electrons. The molecule has 2 aromatic heterocycles. The van der Waals surface area contributed by atoms with Crippen LogP contribution in [-0.4, -0.2) is 38.6 Å². The highest BCUT2D eigenvalue weighted by molar-refractivity contribution is 5.89. The molecule has 0 atom stereocenters. The lowest BCUT2D eigenvalue weighted by Gasteiger charge is -2.11. The smallest absolute Gasteiger partial charge is 0.319 e. The van der Waals surface area contributed by atoms with Crippen LogP contribution in [-0.2, 0) is 0 Å². The minimum absolute atomic E-state index is 0.359. The topological polar surface area (TPSA) is 96.8 Å². The van der Waals surface area contributed by atoms with E-state index in [0.29, 0.717) is 36.0 Å². The molecule has 1 aromatic carbocycles. The lowest BCUT2D eigenvalue weighted by molar-refractivity contribution is 0.252. The second-order valence-corrected chi connectivity index (χ2v) is 6.27. The number of carbonyl (C=O) groups excluding carboxylic acids is 1. The van der Waals surface area contributed by atoms with Gasteiger partial charge in [-0.3, -0.25) is 4.57 Å². The van der Waals surface area contributed by atoms with Crippen LogP contribution in [0.15, 0.2) is 36.7 Å². The zero-order valence-corrected chi connectivity index (χ0v) is 16.0. The third-order valence-corrected chi connectivity index (χ3v) is 4.04. The minimum Gasteiger partial charge on any atom is -0.368 e. The molecule has 2 amide bonds. The van der Waals surface area contributed by atoms with Gasteiger partial charge in [0.25, 0.3) is 0 Å². The summed E-state index contributed by atoms with van der Waals surface area (Å²) in [5.74, 6) is 2.47. The predicted octanol–water partition coefficient (Wildman–Crippen LogP) is 2.96. The van der Waals surface area contributed by atoms with Crippen LogP contribution in [0.4, 0.5) is 20.7 Å². The Hall–Kier alpha value is -3.49. The van der Waals surface area contributed by atoms with Crippen LogP contribution >= 0.6 is 0 Å². The number of carbonyl (C=O) groups is 1. The van der Waals surface area contributed by atoms with Gasteiger partial charge in [0.1, 0.15) is 29.1 Å². The number of aromatic nitrogens is 4. The van der Waals surface area contributed by atoms with Crippen molar-refractivity contribution in [3.63, 3.8) is 0 Å². The van der Waals surface area contributed by atoms with E-state index in [0.717, 1.165) is 11.6 Å². The second-order valence-electron chi connectivity index (χ2n) is 6.27. The number of amides is 2. The van der Waals surface area contributed by atoms with Crippen molar-refractivity contribution >= 4 is 17.5 Å². The van der Waals surface area contributed by atoms with Gasteiger partial charge in [-0.1, -0.05) is 6.07 Å². The average Bonchev–Trinajstić information content (AvgIpc) is 3.07.